The van der Waals surface area contributed by atoms with E-state index in [1.807, 2.05) is 97.5 Å². The molecule has 0 saturated heterocycles. The first kappa shape index (κ1) is 25.0. The van der Waals surface area contributed by atoms with Gasteiger partial charge in [0.2, 0.25) is 11.8 Å². The van der Waals surface area contributed by atoms with E-state index >= 15 is 0 Å². The predicted molar refractivity (Wildman–Crippen MR) is 140 cm³/mol. The van der Waals surface area contributed by atoms with Crippen molar-refractivity contribution in [1.29, 1.82) is 0 Å². The third-order valence-electron chi connectivity index (χ3n) is 5.96. The van der Waals surface area contributed by atoms with Gasteiger partial charge in [-0.25, -0.2) is 0 Å². The Kier molecular flexibility index (Phi) is 8.86. The molecule has 0 aromatic heterocycles. The van der Waals surface area contributed by atoms with Gasteiger partial charge in [0.05, 0.1) is 5.92 Å². The lowest BCUT2D eigenvalue weighted by atomic mass is 9.94. The molecule has 178 valence electrons. The highest BCUT2D eigenvalue weighted by Crippen LogP contribution is 2.28. The molecule has 0 heterocycles. The number of carbonyl (C=O) groups is 2. The maximum absolute atomic E-state index is 13.9. The summed E-state index contributed by atoms with van der Waals surface area (Å²) in [4.78, 5) is 29.9. The van der Waals surface area contributed by atoms with Gasteiger partial charge >= 0.3 is 0 Å². The third kappa shape index (κ3) is 6.47. The van der Waals surface area contributed by atoms with E-state index in [9.17, 15) is 9.59 Å². The number of anilines is 2. The Morgan fingerprint density at radius 1 is 0.853 bits per heavy atom. The summed E-state index contributed by atoms with van der Waals surface area (Å²) in [5, 5.41) is 2.95. The minimum Gasteiger partial charge on any atom is -0.377 e. The molecule has 1 N–H and O–H groups in total. The normalized spacial score (nSPS) is 11.5. The second kappa shape index (κ2) is 12.0. The lowest BCUT2D eigenvalue weighted by Crippen LogP contribution is -2.34. The minimum atomic E-state index is -0.212. The van der Waals surface area contributed by atoms with Gasteiger partial charge < -0.3 is 15.1 Å². The lowest BCUT2D eigenvalue weighted by molar-refractivity contribution is -0.134. The summed E-state index contributed by atoms with van der Waals surface area (Å²) in [7, 11) is 3.98. The van der Waals surface area contributed by atoms with E-state index in [1.54, 1.807) is 0 Å². The van der Waals surface area contributed by atoms with Crippen LogP contribution in [-0.2, 0) is 22.7 Å². The summed E-state index contributed by atoms with van der Waals surface area (Å²) in [6.07, 6.45) is 1.14. The van der Waals surface area contributed by atoms with Crippen LogP contribution in [0.1, 0.15) is 49.3 Å². The highest BCUT2D eigenvalue weighted by atomic mass is 16.2. The number of rotatable bonds is 10. The highest BCUT2D eigenvalue weighted by Gasteiger charge is 2.26. The Balaban J connectivity index is 1.98. The van der Waals surface area contributed by atoms with Crippen LogP contribution >= 0.6 is 0 Å². The van der Waals surface area contributed by atoms with Crippen molar-refractivity contribution in [3.05, 3.63) is 95.6 Å². The van der Waals surface area contributed by atoms with Gasteiger partial charge in [-0.1, -0.05) is 74.5 Å². The topological polar surface area (TPSA) is 52.7 Å². The smallest absolute Gasteiger partial charge is 0.230 e. The molecule has 5 heteroatoms. The molecule has 5 nitrogen and oxygen atoms in total. The molecular weight excluding hydrogens is 422 g/mol. The minimum absolute atomic E-state index is 0.0316. The molecule has 1 unspecified atom stereocenters. The summed E-state index contributed by atoms with van der Waals surface area (Å²) in [5.41, 5.74) is 4.87. The first-order chi connectivity index (χ1) is 16.4. The van der Waals surface area contributed by atoms with Crippen LogP contribution in [0.3, 0.4) is 0 Å². The summed E-state index contributed by atoms with van der Waals surface area (Å²) >= 11 is 0. The number of amides is 2. The average molecular weight is 458 g/mol. The van der Waals surface area contributed by atoms with Crippen LogP contribution < -0.4 is 10.2 Å². The molecule has 3 rings (SSSR count). The molecule has 34 heavy (non-hydrogen) atoms. The summed E-state index contributed by atoms with van der Waals surface area (Å²) in [6, 6.07) is 26.0. The van der Waals surface area contributed by atoms with E-state index in [4.69, 9.17) is 0 Å². The third-order valence-corrected chi connectivity index (χ3v) is 5.96. The van der Waals surface area contributed by atoms with E-state index in [2.05, 4.69) is 24.4 Å². The molecule has 0 aliphatic carbocycles. The number of nitrogens with zero attached hydrogens (tertiary/aromatic N) is 2. The van der Waals surface area contributed by atoms with Gasteiger partial charge in [-0.15, -0.1) is 0 Å². The van der Waals surface area contributed by atoms with Crippen molar-refractivity contribution < 1.29 is 9.59 Å². The van der Waals surface area contributed by atoms with Gasteiger partial charge in [-0.05, 0) is 41.3 Å². The standard InChI is InChI=1S/C29H35N3O2/c1-5-26(23-15-11-8-12-16-23)29(34)32(20-22-13-9-7-10-14-22)21-24-19-25(30-28(33)6-2)17-18-27(24)31(3)4/h7-19,26H,5-6,20-21H2,1-4H3,(H,30,33). The molecule has 3 aromatic carbocycles. The zero-order valence-corrected chi connectivity index (χ0v) is 20.6. The number of nitrogens with one attached hydrogen (secondary N) is 1. The van der Waals surface area contributed by atoms with E-state index in [0.29, 0.717) is 19.5 Å². The van der Waals surface area contributed by atoms with Gasteiger partial charge in [0.25, 0.3) is 0 Å². The maximum Gasteiger partial charge on any atom is 0.230 e. The van der Waals surface area contributed by atoms with Crippen LogP contribution in [0.2, 0.25) is 0 Å². The summed E-state index contributed by atoms with van der Waals surface area (Å²) in [5.74, 6) is -0.142. The molecule has 0 fully saturated rings. The Morgan fingerprint density at radius 3 is 2.09 bits per heavy atom. The molecule has 0 aliphatic rings. The zero-order chi connectivity index (χ0) is 24.5. The number of benzene rings is 3. The Labute approximate surface area is 203 Å². The van der Waals surface area contributed by atoms with E-state index in [-0.39, 0.29) is 17.7 Å². The number of hydrogen-bond donors (Lipinski definition) is 1. The van der Waals surface area contributed by atoms with Crippen molar-refractivity contribution >= 4 is 23.2 Å². The molecular formula is C29H35N3O2. The average Bonchev–Trinajstić information content (AvgIpc) is 2.85. The van der Waals surface area contributed by atoms with E-state index in [0.717, 1.165) is 34.5 Å². The van der Waals surface area contributed by atoms with Crippen LogP contribution in [0.4, 0.5) is 11.4 Å². The second-order valence-corrected chi connectivity index (χ2v) is 8.69. The molecule has 1 atom stereocenters. The quantitative estimate of drug-likeness (QED) is 0.417. The summed E-state index contributed by atoms with van der Waals surface area (Å²) < 4.78 is 0. The van der Waals surface area contributed by atoms with Gasteiger partial charge in [0, 0.05) is 45.0 Å². The molecule has 0 radical (unpaired) electrons. The van der Waals surface area contributed by atoms with Crippen LogP contribution in [0.5, 0.6) is 0 Å². The first-order valence-corrected chi connectivity index (χ1v) is 11.9. The molecule has 0 saturated carbocycles. The Morgan fingerprint density at radius 2 is 1.50 bits per heavy atom. The van der Waals surface area contributed by atoms with E-state index < -0.39 is 0 Å². The fourth-order valence-corrected chi connectivity index (χ4v) is 4.16. The van der Waals surface area contributed by atoms with Crippen LogP contribution in [0.15, 0.2) is 78.9 Å². The van der Waals surface area contributed by atoms with Crippen molar-refractivity contribution in [3.8, 4) is 0 Å². The second-order valence-electron chi connectivity index (χ2n) is 8.69. The van der Waals surface area contributed by atoms with Gasteiger partial charge in [-0.2, -0.15) is 0 Å². The van der Waals surface area contributed by atoms with Crippen molar-refractivity contribution in [2.45, 2.75) is 45.7 Å². The van der Waals surface area contributed by atoms with Crippen LogP contribution in [0, 0.1) is 0 Å². The van der Waals surface area contributed by atoms with Crippen molar-refractivity contribution in [3.63, 3.8) is 0 Å². The largest absolute Gasteiger partial charge is 0.377 e. The van der Waals surface area contributed by atoms with Crippen LogP contribution in [0.25, 0.3) is 0 Å². The lowest BCUT2D eigenvalue weighted by Gasteiger charge is -2.29. The van der Waals surface area contributed by atoms with Crippen molar-refractivity contribution in [2.75, 3.05) is 24.3 Å². The Bertz CT molecular complexity index is 1080. The SMILES string of the molecule is CCC(=O)Nc1ccc(N(C)C)c(CN(Cc2ccccc2)C(=O)C(CC)c2ccccc2)c1. The first-order valence-electron chi connectivity index (χ1n) is 11.9. The Hall–Kier alpha value is -3.60. The fraction of sp³-hybridized carbons (Fsp3) is 0.310. The fourth-order valence-electron chi connectivity index (χ4n) is 4.16. The van der Waals surface area contributed by atoms with Gasteiger partial charge in [-0.3, -0.25) is 9.59 Å². The van der Waals surface area contributed by atoms with Crippen molar-refractivity contribution in [1.82, 2.24) is 4.90 Å². The predicted octanol–water partition coefficient (Wildman–Crippen LogP) is 5.82. The molecule has 3 aromatic rings. The summed E-state index contributed by atoms with van der Waals surface area (Å²) in [6.45, 7) is 4.85. The van der Waals surface area contributed by atoms with Gasteiger partial charge in [0.15, 0.2) is 0 Å². The highest BCUT2D eigenvalue weighted by molar-refractivity contribution is 5.91. The maximum atomic E-state index is 13.9. The van der Waals surface area contributed by atoms with E-state index in [1.165, 1.54) is 0 Å². The zero-order valence-electron chi connectivity index (χ0n) is 20.6. The number of carbonyl (C=O) groups excluding carboxylic acids is 2. The molecule has 0 aliphatic heterocycles. The monoisotopic (exact) mass is 457 g/mol. The molecule has 0 spiro atoms. The molecule has 2 amide bonds. The molecule has 0 bridgehead atoms. The number of hydrogen-bond acceptors (Lipinski definition) is 3. The van der Waals surface area contributed by atoms with Gasteiger partial charge in [0.1, 0.15) is 0 Å². The van der Waals surface area contributed by atoms with Crippen LogP contribution in [-0.4, -0.2) is 30.8 Å². The van der Waals surface area contributed by atoms with Crippen molar-refractivity contribution in [2.24, 2.45) is 0 Å².